The third-order valence-corrected chi connectivity index (χ3v) is 3.50. The summed E-state index contributed by atoms with van der Waals surface area (Å²) in [5.41, 5.74) is 1.85. The molecule has 1 N–H and O–H groups in total. The van der Waals surface area contributed by atoms with Crippen LogP contribution in [0.25, 0.3) is 0 Å². The van der Waals surface area contributed by atoms with Crippen LogP contribution in [0.1, 0.15) is 30.6 Å². The van der Waals surface area contributed by atoms with E-state index >= 15 is 0 Å². The molecule has 0 aliphatic carbocycles. The van der Waals surface area contributed by atoms with Crippen molar-refractivity contribution >= 4 is 11.3 Å². The topological polar surface area (TPSA) is 34.1 Å². The Bertz CT molecular complexity index is 258. The molecule has 2 heterocycles. The van der Waals surface area contributed by atoms with Crippen LogP contribution < -0.4 is 5.32 Å². The van der Waals surface area contributed by atoms with Crippen molar-refractivity contribution in [3.05, 3.63) is 16.6 Å². The standard InChI is InChI=1S/C11H18N2OS/c1-2-5-13-10(3-1)4-6-14-8-11-7-12-9-15-11/h7,9-10,13H,1-6,8H2/t10-/m0/s1. The van der Waals surface area contributed by atoms with Crippen LogP contribution in [0.5, 0.6) is 0 Å². The smallest absolute Gasteiger partial charge is 0.0825 e. The molecule has 2 rings (SSSR count). The van der Waals surface area contributed by atoms with Crippen molar-refractivity contribution in [2.75, 3.05) is 13.2 Å². The second-order valence-corrected chi connectivity index (χ2v) is 4.93. The van der Waals surface area contributed by atoms with Gasteiger partial charge in [-0.25, -0.2) is 0 Å². The zero-order valence-corrected chi connectivity index (χ0v) is 9.76. The van der Waals surface area contributed by atoms with Crippen LogP contribution in [0, 0.1) is 0 Å². The van der Waals surface area contributed by atoms with E-state index < -0.39 is 0 Å². The maximum atomic E-state index is 5.61. The van der Waals surface area contributed by atoms with Gasteiger partial charge in [-0.1, -0.05) is 6.42 Å². The molecule has 1 fully saturated rings. The lowest BCUT2D eigenvalue weighted by Crippen LogP contribution is -2.34. The van der Waals surface area contributed by atoms with Crippen molar-refractivity contribution < 1.29 is 4.74 Å². The van der Waals surface area contributed by atoms with Crippen molar-refractivity contribution in [3.8, 4) is 0 Å². The Labute approximate surface area is 94.9 Å². The van der Waals surface area contributed by atoms with E-state index in [9.17, 15) is 0 Å². The maximum absolute atomic E-state index is 5.61. The normalized spacial score (nSPS) is 21.7. The van der Waals surface area contributed by atoms with Crippen molar-refractivity contribution in [2.24, 2.45) is 0 Å². The van der Waals surface area contributed by atoms with Gasteiger partial charge in [0.05, 0.1) is 17.0 Å². The Morgan fingerprint density at radius 2 is 2.53 bits per heavy atom. The monoisotopic (exact) mass is 226 g/mol. The predicted molar refractivity (Wildman–Crippen MR) is 62.0 cm³/mol. The molecule has 1 atom stereocenters. The van der Waals surface area contributed by atoms with Crippen LogP contribution in [-0.2, 0) is 11.3 Å². The highest BCUT2D eigenvalue weighted by Gasteiger charge is 2.11. The number of thiazole rings is 1. The van der Waals surface area contributed by atoms with Crippen LogP contribution in [0.15, 0.2) is 11.7 Å². The summed E-state index contributed by atoms with van der Waals surface area (Å²) in [5, 5.41) is 3.52. The molecule has 0 aromatic carbocycles. The fourth-order valence-corrected chi connectivity index (χ4v) is 2.41. The molecule has 0 radical (unpaired) electrons. The lowest BCUT2D eigenvalue weighted by Gasteiger charge is -2.23. The Hall–Kier alpha value is -0.450. The van der Waals surface area contributed by atoms with Gasteiger partial charge in [0.15, 0.2) is 0 Å². The second-order valence-electron chi connectivity index (χ2n) is 3.96. The quantitative estimate of drug-likeness (QED) is 0.782. The molecule has 1 saturated heterocycles. The molecule has 0 unspecified atom stereocenters. The number of aromatic nitrogens is 1. The van der Waals surface area contributed by atoms with E-state index in [0.717, 1.165) is 19.6 Å². The molecule has 1 aliphatic heterocycles. The minimum Gasteiger partial charge on any atom is -0.376 e. The predicted octanol–water partition coefficient (Wildman–Crippen LogP) is 2.19. The number of nitrogens with one attached hydrogen (secondary N) is 1. The second kappa shape index (κ2) is 6.20. The highest BCUT2D eigenvalue weighted by atomic mass is 32.1. The molecule has 1 aromatic heterocycles. The van der Waals surface area contributed by atoms with Crippen molar-refractivity contribution in [2.45, 2.75) is 38.3 Å². The van der Waals surface area contributed by atoms with Crippen LogP contribution in [0.2, 0.25) is 0 Å². The summed E-state index contributed by atoms with van der Waals surface area (Å²) in [6.07, 6.45) is 7.02. The highest BCUT2D eigenvalue weighted by molar-refractivity contribution is 7.09. The van der Waals surface area contributed by atoms with E-state index in [1.54, 1.807) is 11.3 Å². The van der Waals surface area contributed by atoms with Gasteiger partial charge >= 0.3 is 0 Å². The molecule has 15 heavy (non-hydrogen) atoms. The van der Waals surface area contributed by atoms with Gasteiger partial charge in [0.1, 0.15) is 0 Å². The molecule has 0 spiro atoms. The fourth-order valence-electron chi connectivity index (χ4n) is 1.88. The van der Waals surface area contributed by atoms with E-state index in [2.05, 4.69) is 10.3 Å². The van der Waals surface area contributed by atoms with Crippen LogP contribution in [-0.4, -0.2) is 24.2 Å². The van der Waals surface area contributed by atoms with Gasteiger partial charge < -0.3 is 10.1 Å². The first kappa shape index (κ1) is 11.0. The van der Waals surface area contributed by atoms with Gasteiger partial charge in [-0.05, 0) is 25.8 Å². The van der Waals surface area contributed by atoms with Crippen molar-refractivity contribution in [3.63, 3.8) is 0 Å². The number of hydrogen-bond donors (Lipinski definition) is 1. The van der Waals surface area contributed by atoms with E-state index in [1.165, 1.54) is 30.7 Å². The average Bonchev–Trinajstić information content (AvgIpc) is 2.79. The summed E-state index contributed by atoms with van der Waals surface area (Å²) in [6, 6.07) is 0.681. The van der Waals surface area contributed by atoms with E-state index in [-0.39, 0.29) is 0 Å². The van der Waals surface area contributed by atoms with E-state index in [4.69, 9.17) is 4.74 Å². The van der Waals surface area contributed by atoms with Gasteiger partial charge in [0.25, 0.3) is 0 Å². The molecule has 0 amide bonds. The minimum absolute atomic E-state index is 0.681. The molecular weight excluding hydrogens is 208 g/mol. The number of hydrogen-bond acceptors (Lipinski definition) is 4. The highest BCUT2D eigenvalue weighted by Crippen LogP contribution is 2.11. The van der Waals surface area contributed by atoms with Crippen LogP contribution >= 0.6 is 11.3 Å². The Morgan fingerprint density at radius 1 is 1.53 bits per heavy atom. The van der Waals surface area contributed by atoms with Gasteiger partial charge in [-0.15, -0.1) is 11.3 Å². The number of rotatable bonds is 5. The molecule has 3 nitrogen and oxygen atoms in total. The van der Waals surface area contributed by atoms with Gasteiger partial charge in [0.2, 0.25) is 0 Å². The summed E-state index contributed by atoms with van der Waals surface area (Å²) in [5.74, 6) is 0. The number of ether oxygens (including phenoxy) is 1. The molecule has 0 saturated carbocycles. The Balaban J connectivity index is 1.54. The lowest BCUT2D eigenvalue weighted by molar-refractivity contribution is 0.110. The first-order valence-electron chi connectivity index (χ1n) is 5.63. The van der Waals surface area contributed by atoms with Gasteiger partial charge in [-0.2, -0.15) is 0 Å². The van der Waals surface area contributed by atoms with E-state index in [1.807, 2.05) is 11.7 Å². The Morgan fingerprint density at radius 3 is 3.27 bits per heavy atom. The largest absolute Gasteiger partial charge is 0.376 e. The first-order chi connectivity index (χ1) is 7.45. The Kier molecular flexibility index (Phi) is 4.57. The third-order valence-electron chi connectivity index (χ3n) is 2.75. The first-order valence-corrected chi connectivity index (χ1v) is 6.51. The number of piperidine rings is 1. The molecule has 84 valence electrons. The third kappa shape index (κ3) is 3.89. The lowest BCUT2D eigenvalue weighted by atomic mass is 10.0. The zero-order chi connectivity index (χ0) is 10.3. The van der Waals surface area contributed by atoms with Gasteiger partial charge in [0, 0.05) is 18.8 Å². The number of nitrogens with zero attached hydrogens (tertiary/aromatic N) is 1. The molecule has 1 aromatic rings. The van der Waals surface area contributed by atoms with Crippen molar-refractivity contribution in [1.29, 1.82) is 0 Å². The zero-order valence-electron chi connectivity index (χ0n) is 8.95. The van der Waals surface area contributed by atoms with Crippen LogP contribution in [0.4, 0.5) is 0 Å². The average molecular weight is 226 g/mol. The SMILES string of the molecule is c1ncc(COCC[C@@H]2CCCCN2)s1. The summed E-state index contributed by atoms with van der Waals surface area (Å²) in [7, 11) is 0. The van der Waals surface area contributed by atoms with Gasteiger partial charge in [-0.3, -0.25) is 4.98 Å². The summed E-state index contributed by atoms with van der Waals surface area (Å²) >= 11 is 1.66. The summed E-state index contributed by atoms with van der Waals surface area (Å²) in [4.78, 5) is 5.23. The fraction of sp³-hybridized carbons (Fsp3) is 0.727. The maximum Gasteiger partial charge on any atom is 0.0825 e. The van der Waals surface area contributed by atoms with E-state index in [0.29, 0.717) is 6.04 Å². The summed E-state index contributed by atoms with van der Waals surface area (Å²) in [6.45, 7) is 2.76. The summed E-state index contributed by atoms with van der Waals surface area (Å²) < 4.78 is 5.61. The van der Waals surface area contributed by atoms with Crippen molar-refractivity contribution in [1.82, 2.24) is 10.3 Å². The molecule has 0 bridgehead atoms. The molecule has 1 aliphatic rings. The molecule has 4 heteroatoms. The minimum atomic E-state index is 0.681. The van der Waals surface area contributed by atoms with Crippen LogP contribution in [0.3, 0.4) is 0 Å². The molecular formula is C11H18N2OS.